The number of ether oxygens (including phenoxy) is 1. The number of rotatable bonds is 2. The Morgan fingerprint density at radius 1 is 1.27 bits per heavy atom. The first-order chi connectivity index (χ1) is 7.25. The molecule has 0 N–H and O–H groups in total. The fraction of sp³-hybridized carbons (Fsp3) is 0. The van der Waals surface area contributed by atoms with Gasteiger partial charge >= 0.3 is 0 Å². The van der Waals surface area contributed by atoms with Crippen LogP contribution in [0.25, 0.3) is 0 Å². The average Bonchev–Trinajstić information content (AvgIpc) is 2.25. The fourth-order valence-electron chi connectivity index (χ4n) is 0.957. The lowest BCUT2D eigenvalue weighted by atomic mass is 10.4. The minimum absolute atomic E-state index is 0.207. The second kappa shape index (κ2) is 4.47. The van der Waals surface area contributed by atoms with E-state index in [1.165, 1.54) is 6.20 Å². The molecule has 0 bridgehead atoms. The predicted octanol–water partition coefficient (Wildman–Crippen LogP) is 3.38. The van der Waals surface area contributed by atoms with Gasteiger partial charge in [-0.1, -0.05) is 23.2 Å². The van der Waals surface area contributed by atoms with Gasteiger partial charge in [0.2, 0.25) is 0 Å². The Labute approximate surface area is 96.6 Å². The molecule has 0 spiro atoms. The van der Waals surface area contributed by atoms with Gasteiger partial charge in [0.25, 0.3) is 0 Å². The molecule has 2 aromatic rings. The van der Waals surface area contributed by atoms with Crippen LogP contribution < -0.4 is 4.74 Å². The maximum absolute atomic E-state index is 5.85. The molecule has 0 aliphatic rings. The number of pyridine rings is 2. The SMILES string of the molecule is Clc1[c]c(Oc2cccnc2)c(Cl)cn1. The molecular formula is C10H5Cl2N2O. The largest absolute Gasteiger partial charge is 0.453 e. The van der Waals surface area contributed by atoms with E-state index in [9.17, 15) is 0 Å². The molecule has 0 atom stereocenters. The monoisotopic (exact) mass is 239 g/mol. The Balaban J connectivity index is 2.28. The molecule has 1 radical (unpaired) electrons. The zero-order valence-corrected chi connectivity index (χ0v) is 8.96. The van der Waals surface area contributed by atoms with Gasteiger partial charge in [0.1, 0.15) is 15.9 Å². The van der Waals surface area contributed by atoms with Crippen LogP contribution in [-0.4, -0.2) is 9.97 Å². The van der Waals surface area contributed by atoms with Crippen LogP contribution in [0.4, 0.5) is 0 Å². The van der Waals surface area contributed by atoms with Gasteiger partial charge in [0.05, 0.1) is 18.5 Å². The maximum atomic E-state index is 5.85. The molecule has 2 rings (SSSR count). The van der Waals surface area contributed by atoms with Crippen molar-refractivity contribution < 1.29 is 4.74 Å². The highest BCUT2D eigenvalue weighted by atomic mass is 35.5. The number of hydrogen-bond acceptors (Lipinski definition) is 3. The van der Waals surface area contributed by atoms with Crippen molar-refractivity contribution in [1.29, 1.82) is 0 Å². The van der Waals surface area contributed by atoms with Crippen LogP contribution >= 0.6 is 23.2 Å². The van der Waals surface area contributed by atoms with Crippen molar-refractivity contribution in [2.24, 2.45) is 0 Å². The molecule has 0 saturated heterocycles. The quantitative estimate of drug-likeness (QED) is 0.754. The third-order valence-electron chi connectivity index (χ3n) is 1.58. The van der Waals surface area contributed by atoms with E-state index in [1.807, 2.05) is 0 Å². The van der Waals surface area contributed by atoms with E-state index in [2.05, 4.69) is 16.0 Å². The summed E-state index contributed by atoms with van der Waals surface area (Å²) in [6.07, 6.45) is 4.63. The van der Waals surface area contributed by atoms with E-state index in [-0.39, 0.29) is 5.15 Å². The topological polar surface area (TPSA) is 35.0 Å². The summed E-state index contributed by atoms with van der Waals surface area (Å²) < 4.78 is 5.42. The molecule has 0 amide bonds. The van der Waals surface area contributed by atoms with Crippen molar-refractivity contribution in [3.8, 4) is 11.5 Å². The third kappa shape index (κ3) is 2.58. The van der Waals surface area contributed by atoms with Crippen LogP contribution in [-0.2, 0) is 0 Å². The lowest BCUT2D eigenvalue weighted by Gasteiger charge is -2.05. The number of hydrogen-bond donors (Lipinski definition) is 0. The van der Waals surface area contributed by atoms with Gasteiger partial charge in [-0.3, -0.25) is 4.98 Å². The van der Waals surface area contributed by atoms with E-state index < -0.39 is 0 Å². The van der Waals surface area contributed by atoms with Gasteiger partial charge in [-0.15, -0.1) is 0 Å². The number of aromatic nitrogens is 2. The highest BCUT2D eigenvalue weighted by Crippen LogP contribution is 2.29. The normalized spacial score (nSPS) is 10.0. The van der Waals surface area contributed by atoms with E-state index >= 15 is 0 Å². The minimum Gasteiger partial charge on any atom is -0.453 e. The van der Waals surface area contributed by atoms with Gasteiger partial charge in [-0.25, -0.2) is 4.98 Å². The molecule has 2 aromatic heterocycles. The molecule has 0 aromatic carbocycles. The van der Waals surface area contributed by atoms with Gasteiger partial charge < -0.3 is 4.74 Å². The Morgan fingerprint density at radius 3 is 2.87 bits per heavy atom. The Morgan fingerprint density at radius 2 is 2.13 bits per heavy atom. The zero-order chi connectivity index (χ0) is 10.7. The van der Waals surface area contributed by atoms with Crippen molar-refractivity contribution in [3.05, 3.63) is 47.0 Å². The van der Waals surface area contributed by atoms with E-state index in [0.717, 1.165) is 0 Å². The van der Waals surface area contributed by atoms with Crippen molar-refractivity contribution in [2.75, 3.05) is 0 Å². The predicted molar refractivity (Wildman–Crippen MR) is 57.4 cm³/mol. The van der Waals surface area contributed by atoms with Crippen LogP contribution in [0.1, 0.15) is 0 Å². The van der Waals surface area contributed by atoms with Crippen molar-refractivity contribution in [3.63, 3.8) is 0 Å². The van der Waals surface area contributed by atoms with E-state index in [0.29, 0.717) is 16.5 Å². The summed E-state index contributed by atoms with van der Waals surface area (Å²) in [6.45, 7) is 0. The molecule has 2 heterocycles. The summed E-state index contributed by atoms with van der Waals surface area (Å²) in [5.41, 5.74) is 0. The first-order valence-corrected chi connectivity index (χ1v) is 4.82. The van der Waals surface area contributed by atoms with Crippen LogP contribution in [0, 0.1) is 6.07 Å². The lowest BCUT2D eigenvalue weighted by Crippen LogP contribution is -1.87. The molecule has 0 unspecified atom stereocenters. The minimum atomic E-state index is 0.207. The molecule has 0 saturated carbocycles. The standard InChI is InChI=1S/C10H5Cl2N2O/c11-8-6-14-10(12)4-9(8)15-7-2-1-3-13-5-7/h1-3,5-6H. The number of nitrogens with zero attached hydrogens (tertiary/aromatic N) is 2. The van der Waals surface area contributed by atoms with Gasteiger partial charge in [-0.05, 0) is 12.1 Å². The summed E-state index contributed by atoms with van der Waals surface area (Å²) in [7, 11) is 0. The molecular weight excluding hydrogens is 235 g/mol. The lowest BCUT2D eigenvalue weighted by molar-refractivity contribution is 0.479. The average molecular weight is 240 g/mol. The highest BCUT2D eigenvalue weighted by Gasteiger charge is 2.05. The summed E-state index contributed by atoms with van der Waals surface area (Å²) in [5, 5.41) is 0.557. The second-order valence-electron chi connectivity index (χ2n) is 2.64. The van der Waals surface area contributed by atoms with Crippen molar-refractivity contribution in [2.45, 2.75) is 0 Å². The maximum Gasteiger partial charge on any atom is 0.158 e. The zero-order valence-electron chi connectivity index (χ0n) is 7.45. The molecule has 5 heteroatoms. The smallest absolute Gasteiger partial charge is 0.158 e. The Hall–Kier alpha value is -1.32. The Bertz CT molecular complexity index is 462. The summed E-state index contributed by atoms with van der Waals surface area (Å²) in [4.78, 5) is 7.67. The highest BCUT2D eigenvalue weighted by molar-refractivity contribution is 6.33. The number of halogens is 2. The molecule has 3 nitrogen and oxygen atoms in total. The third-order valence-corrected chi connectivity index (χ3v) is 2.04. The van der Waals surface area contributed by atoms with Crippen molar-refractivity contribution in [1.82, 2.24) is 9.97 Å². The molecule has 0 fully saturated rings. The van der Waals surface area contributed by atoms with Crippen molar-refractivity contribution >= 4 is 23.2 Å². The van der Waals surface area contributed by atoms with Crippen LogP contribution in [0.3, 0.4) is 0 Å². The molecule has 0 aliphatic heterocycles. The second-order valence-corrected chi connectivity index (χ2v) is 3.41. The molecule has 15 heavy (non-hydrogen) atoms. The van der Waals surface area contributed by atoms with Crippen LogP contribution in [0.5, 0.6) is 11.5 Å². The van der Waals surface area contributed by atoms with Gasteiger partial charge in [0.15, 0.2) is 5.75 Å². The molecule has 0 aliphatic carbocycles. The van der Waals surface area contributed by atoms with E-state index in [4.69, 9.17) is 27.9 Å². The van der Waals surface area contributed by atoms with Crippen LogP contribution in [0.15, 0.2) is 30.7 Å². The summed E-state index contributed by atoms with van der Waals surface area (Å²) in [5.74, 6) is 0.905. The first-order valence-electron chi connectivity index (χ1n) is 4.07. The van der Waals surface area contributed by atoms with Gasteiger partial charge in [0, 0.05) is 6.20 Å². The van der Waals surface area contributed by atoms with Crippen LogP contribution in [0.2, 0.25) is 10.2 Å². The summed E-state index contributed by atoms with van der Waals surface area (Å²) in [6, 6.07) is 6.21. The van der Waals surface area contributed by atoms with E-state index in [1.54, 1.807) is 24.5 Å². The first kappa shape index (κ1) is 10.2. The Kier molecular flexibility index (Phi) is 3.04. The summed E-state index contributed by atoms with van der Waals surface area (Å²) >= 11 is 11.5. The van der Waals surface area contributed by atoms with Gasteiger partial charge in [-0.2, -0.15) is 0 Å². The molecule has 75 valence electrons. The fourth-order valence-corrected chi connectivity index (χ4v) is 1.23.